The second kappa shape index (κ2) is 49.0. The summed E-state index contributed by atoms with van der Waals surface area (Å²) >= 11 is 10.2. The zero-order valence-corrected chi connectivity index (χ0v) is 71.6. The van der Waals surface area contributed by atoms with Gasteiger partial charge < -0.3 is 56.3 Å². The maximum atomic E-state index is 13.5. The number of halogens is 2. The highest BCUT2D eigenvalue weighted by atomic mass is 35.5. The van der Waals surface area contributed by atoms with Crippen molar-refractivity contribution in [2.24, 2.45) is 5.73 Å². The van der Waals surface area contributed by atoms with Gasteiger partial charge in [0.25, 0.3) is 16.7 Å². The molecule has 0 spiro atoms. The number of hydrogen-bond donors (Lipinski definition) is 9. The molecule has 0 saturated carbocycles. The van der Waals surface area contributed by atoms with Gasteiger partial charge in [-0.25, -0.2) is 29.3 Å². The van der Waals surface area contributed by atoms with Crippen LogP contribution < -0.4 is 60.0 Å². The molecule has 3 aliphatic rings. The number of carbonyl (C=O) groups is 7. The van der Waals surface area contributed by atoms with Gasteiger partial charge in [0.2, 0.25) is 16.8 Å². The number of nitrogens with zero attached hydrogens (tertiary/aromatic N) is 6. The smallest absolute Gasteiger partial charge is 0.412 e. The number of carbonyl (C=O) groups excluding carboxylic acids is 6. The van der Waals surface area contributed by atoms with Crippen LogP contribution in [-0.2, 0) is 90.2 Å². The van der Waals surface area contributed by atoms with Gasteiger partial charge in [-0.15, -0.1) is 0 Å². The van der Waals surface area contributed by atoms with E-state index in [1.807, 2.05) is 146 Å². The number of nitrogens with two attached hydrogens (primary N) is 2. The van der Waals surface area contributed by atoms with Crippen LogP contribution in [-0.4, -0.2) is 106 Å². The number of aliphatic carboxylic acids is 1. The Labute approximate surface area is 734 Å². The number of alkyl carbamates (subject to hydrolysis) is 1. The normalized spacial score (nSPS) is 14.1. The van der Waals surface area contributed by atoms with Crippen LogP contribution in [0.4, 0.5) is 31.4 Å². The van der Waals surface area contributed by atoms with E-state index in [9.17, 15) is 47.9 Å². The number of amides is 5. The molecule has 0 radical (unpaired) electrons. The molecule has 5 amide bonds. The Balaban J connectivity index is 0.000000183. The lowest BCUT2D eigenvalue weighted by atomic mass is 9.88. The lowest BCUT2D eigenvalue weighted by Gasteiger charge is -2.26. The van der Waals surface area contributed by atoms with Crippen molar-refractivity contribution in [2.75, 3.05) is 29.6 Å². The van der Waals surface area contributed by atoms with Crippen molar-refractivity contribution in [1.29, 1.82) is 0 Å². The van der Waals surface area contributed by atoms with Crippen LogP contribution >= 0.6 is 23.2 Å². The first-order valence-electron chi connectivity index (χ1n) is 40.8. The van der Waals surface area contributed by atoms with Crippen molar-refractivity contribution in [3.63, 3.8) is 0 Å². The van der Waals surface area contributed by atoms with E-state index in [-0.39, 0.29) is 85.8 Å². The van der Waals surface area contributed by atoms with Crippen molar-refractivity contribution < 1.29 is 57.6 Å². The fourth-order valence-corrected chi connectivity index (χ4v) is 13.8. The average molecular weight is 1740 g/mol. The van der Waals surface area contributed by atoms with E-state index in [0.29, 0.717) is 35.4 Å². The van der Waals surface area contributed by atoms with E-state index < -0.39 is 58.1 Å². The van der Waals surface area contributed by atoms with Crippen LogP contribution in [0.25, 0.3) is 34.2 Å². The summed E-state index contributed by atoms with van der Waals surface area (Å²) in [5.74, 6) is -0.789. The molecule has 3 aromatic heterocycles. The number of anilines is 3. The summed E-state index contributed by atoms with van der Waals surface area (Å²) in [5.41, 5.74) is 20.6. The van der Waals surface area contributed by atoms with Crippen molar-refractivity contribution in [1.82, 2.24) is 49.9 Å². The minimum Gasteiger partial charge on any atom is -0.480 e. The molecule has 3 heterocycles. The standard InChI is InChI=1S/C30H28N4O4.C22H22N4O2.C20H17N3O5.C10H13N.C9H18N2O3.C3H6Cl2O/c35-27(32-25-17-9-15-22-12-7-8-16-24(22)25)19-34-28(23-13-5-2-6-14-23)31-18-26(29(34)36)33-30(37)38-20-21-10-3-1-4-11-21;23-18-13-24-21(16-8-2-1-3-9-16)26(22(18)28)14-20(27)25-19-12-6-10-15-7-4-5-11-17(15)19;24-17(25)12-23-18(15-9-5-2-6-10-15)21-11-16(19(23)26)22-20(27)28-13-14-7-3-1-4-8-14;11-10-7-3-5-8-4-1-2-6-9(8)10;1-7(5-12)10-6-11-8(13)14-9(2,3)4;1-2-6-3(4)5/h1-8,10-14,16,18,25H,9,15,17,19-20H2,(H,32,35)(H,33,37);1-5,7-9,11,13,19H,6,10,12,14,23H2,(H,25,27);1-11H,12-13H2,(H,22,27)(H,24,25);1-2,4,6,10H,3,5,7,11H2;5,7,10H,6H2,1-4H3,(H,11,13);3H,2H2,1H3/t25-;19-;;10-;7-;/m11.00./s1. The van der Waals surface area contributed by atoms with Gasteiger partial charge >= 0.3 is 24.2 Å². The molecule has 29 nitrogen and oxygen atoms in total. The van der Waals surface area contributed by atoms with Crippen LogP contribution in [0.3, 0.4) is 0 Å². The van der Waals surface area contributed by atoms with Gasteiger partial charge in [0.1, 0.15) is 79.3 Å². The average Bonchev–Trinajstić information content (AvgIpc) is 0.809. The Bertz CT molecular complexity index is 5550. The molecule has 0 fully saturated rings. The lowest BCUT2D eigenvalue weighted by Crippen LogP contribution is -2.41. The predicted octanol–water partition coefficient (Wildman–Crippen LogP) is 14.7. The zero-order chi connectivity index (χ0) is 89.6. The monoisotopic (exact) mass is 1740 g/mol. The highest BCUT2D eigenvalue weighted by Crippen LogP contribution is 2.32. The Morgan fingerprint density at radius 2 is 0.880 bits per heavy atom. The maximum Gasteiger partial charge on any atom is 0.412 e. The number of aryl methyl sites for hydroxylation is 3. The highest BCUT2D eigenvalue weighted by Gasteiger charge is 2.27. The summed E-state index contributed by atoms with van der Waals surface area (Å²) in [5, 5.41) is 24.7. The molecule has 0 unspecified atom stereocenters. The minimum absolute atomic E-state index is 0.0236. The molecule has 11 N–H and O–H groups in total. The Morgan fingerprint density at radius 1 is 0.512 bits per heavy atom. The molecule has 11 aromatic rings. The number of carboxylic acids is 1. The van der Waals surface area contributed by atoms with E-state index in [0.717, 1.165) is 83.6 Å². The SMILES string of the molecule is CCOC(Cl)Cl.C[C@@H](C=O)NCNC(=O)OC(C)(C)C.N[C@H]1CCCc2ccccc21.Nc1cnc(-c2ccccc2)n(CC(=O)N[C@@H]2CCCc3ccccc32)c1=O.O=C(Cn1c(-c2ccccc2)ncc(NC(=O)OCc2ccccc2)c1=O)N[C@@H]1CCCc2ccccc21.O=C(O)Cn1c(-c2ccccc2)ncc(NC(=O)OCc2ccccc2)c1=O. The predicted molar refractivity (Wildman–Crippen MR) is 481 cm³/mol. The number of rotatable bonds is 23. The molecule has 0 aliphatic heterocycles. The third kappa shape index (κ3) is 30.5. The van der Waals surface area contributed by atoms with Crippen LogP contribution in [0.1, 0.15) is 136 Å². The van der Waals surface area contributed by atoms with Gasteiger partial charge in [-0.3, -0.25) is 58.4 Å². The molecule has 3 aliphatic carbocycles. The highest BCUT2D eigenvalue weighted by molar-refractivity contribution is 6.43. The van der Waals surface area contributed by atoms with Crippen LogP contribution in [0.5, 0.6) is 0 Å². The van der Waals surface area contributed by atoms with E-state index in [2.05, 4.69) is 94.1 Å². The van der Waals surface area contributed by atoms with Crippen LogP contribution in [0.2, 0.25) is 0 Å². The van der Waals surface area contributed by atoms with Gasteiger partial charge in [0, 0.05) is 29.3 Å². The Hall–Kier alpha value is -13.5. The van der Waals surface area contributed by atoms with Gasteiger partial charge in [0.15, 0.2) is 0 Å². The molecular weight excluding hydrogens is 1640 g/mol. The number of nitrogens with one attached hydrogen (secondary N) is 6. The Kier molecular flexibility index (Phi) is 37.4. The van der Waals surface area contributed by atoms with Crippen LogP contribution in [0.15, 0.2) is 257 Å². The fraction of sp³-hybridized carbons (Fsp3) is 0.287. The van der Waals surface area contributed by atoms with Crippen molar-refractivity contribution >= 4 is 82.6 Å². The minimum atomic E-state index is -1.20. The number of benzene rings is 8. The molecule has 4 atom stereocenters. The number of carboxylic acid groups (broad SMARTS) is 1. The number of ether oxygens (including phenoxy) is 4. The summed E-state index contributed by atoms with van der Waals surface area (Å²) in [6.45, 7) is 8.80. The summed E-state index contributed by atoms with van der Waals surface area (Å²) in [6, 6.07) is 70.1. The van der Waals surface area contributed by atoms with Crippen molar-refractivity contribution in [3.05, 3.63) is 319 Å². The number of alkyl halides is 2. The number of hydrogen-bond acceptors (Lipinski definition) is 20. The third-order valence-corrected chi connectivity index (χ3v) is 19.7. The number of aromatic nitrogens is 6. The summed E-state index contributed by atoms with van der Waals surface area (Å²) in [7, 11) is 0. The number of nitrogen functional groups attached to an aromatic ring is 1. The van der Waals surface area contributed by atoms with E-state index in [4.69, 9.17) is 54.0 Å². The van der Waals surface area contributed by atoms with Crippen molar-refractivity contribution in [2.45, 2.75) is 160 Å². The summed E-state index contributed by atoms with van der Waals surface area (Å²) in [6.07, 6.45) is 11.8. The molecule has 14 rings (SSSR count). The molecule has 0 bridgehead atoms. The summed E-state index contributed by atoms with van der Waals surface area (Å²) < 4.78 is 23.5. The molecular formula is C94H104Cl2N14O15. The molecule has 0 saturated heterocycles. The fourth-order valence-electron chi connectivity index (χ4n) is 13.6. The maximum absolute atomic E-state index is 13.5. The van der Waals surface area contributed by atoms with Crippen molar-refractivity contribution in [3.8, 4) is 34.2 Å². The van der Waals surface area contributed by atoms with E-state index >= 15 is 0 Å². The largest absolute Gasteiger partial charge is 0.480 e. The molecule has 654 valence electrons. The number of aldehydes is 1. The second-order valence-electron chi connectivity index (χ2n) is 29.9. The van der Waals surface area contributed by atoms with Gasteiger partial charge in [-0.05, 0) is 137 Å². The molecule has 125 heavy (non-hydrogen) atoms. The first kappa shape index (κ1) is 95.4. The third-order valence-electron chi connectivity index (χ3n) is 19.4. The first-order chi connectivity index (χ1) is 60.2. The quantitative estimate of drug-likeness (QED) is 0.0124. The Morgan fingerprint density at radius 3 is 1.26 bits per heavy atom. The van der Waals surface area contributed by atoms with Crippen LogP contribution in [0, 0.1) is 0 Å². The summed E-state index contributed by atoms with van der Waals surface area (Å²) in [4.78, 5) is 135. The second-order valence-corrected chi connectivity index (χ2v) is 30.9. The van der Waals surface area contributed by atoms with E-state index in [1.54, 1.807) is 70.2 Å². The lowest BCUT2D eigenvalue weighted by molar-refractivity contribution is -0.137. The van der Waals surface area contributed by atoms with E-state index in [1.165, 1.54) is 62.8 Å². The van der Waals surface area contributed by atoms with Gasteiger partial charge in [-0.2, -0.15) is 0 Å². The van der Waals surface area contributed by atoms with Gasteiger partial charge in [-0.1, -0.05) is 248 Å². The zero-order valence-electron chi connectivity index (χ0n) is 70.1. The molecule has 8 aromatic carbocycles. The number of fused-ring (bicyclic) bond motifs is 3. The van der Waals surface area contributed by atoms with Gasteiger partial charge in [0.05, 0.1) is 43.4 Å². The molecule has 31 heteroatoms. The first-order valence-corrected chi connectivity index (χ1v) is 41.6. The topological polar surface area (TPSA) is 406 Å².